The Morgan fingerprint density at radius 2 is 1.93 bits per heavy atom. The van der Waals surface area contributed by atoms with Crippen LogP contribution in [0, 0.1) is 5.92 Å². The lowest BCUT2D eigenvalue weighted by Crippen LogP contribution is -2.30. The van der Waals surface area contributed by atoms with Crippen molar-refractivity contribution in [2.24, 2.45) is 5.92 Å². The molecule has 0 aromatic carbocycles. The summed E-state index contributed by atoms with van der Waals surface area (Å²) in [5.74, 6) is 0.762. The summed E-state index contributed by atoms with van der Waals surface area (Å²) in [7, 11) is 0. The predicted octanol–water partition coefficient (Wildman–Crippen LogP) is 4.08. The van der Waals surface area contributed by atoms with E-state index in [2.05, 4.69) is 13.8 Å². The average Bonchev–Trinajstić information content (AvgIpc) is 2.18. The molecule has 0 aromatic rings. The van der Waals surface area contributed by atoms with Crippen LogP contribution in [0.15, 0.2) is 11.1 Å². The fourth-order valence-electron chi connectivity index (χ4n) is 3.09. The zero-order chi connectivity index (χ0) is 10.7. The van der Waals surface area contributed by atoms with Crippen LogP contribution >= 0.6 is 0 Å². The van der Waals surface area contributed by atoms with Crippen LogP contribution in [-0.4, -0.2) is 12.7 Å². The standard InChI is InChI=1S/C14H24O/c1-3-15-11(2)13-9-10-14(13)12-7-5-4-6-8-12/h11,13H,3-10H2,1-2H3. The van der Waals surface area contributed by atoms with E-state index in [0.717, 1.165) is 12.5 Å². The molecule has 0 aromatic heterocycles. The minimum atomic E-state index is 0.452. The van der Waals surface area contributed by atoms with Gasteiger partial charge in [-0.25, -0.2) is 0 Å². The summed E-state index contributed by atoms with van der Waals surface area (Å²) in [5.41, 5.74) is 3.57. The number of ether oxygens (including phenoxy) is 1. The number of hydrogen-bond donors (Lipinski definition) is 0. The van der Waals surface area contributed by atoms with E-state index in [1.807, 2.05) is 0 Å². The van der Waals surface area contributed by atoms with Gasteiger partial charge >= 0.3 is 0 Å². The molecule has 2 saturated carbocycles. The quantitative estimate of drug-likeness (QED) is 0.635. The Labute approximate surface area is 93.9 Å². The topological polar surface area (TPSA) is 9.23 Å². The van der Waals surface area contributed by atoms with Crippen LogP contribution in [0.1, 0.15) is 58.8 Å². The lowest BCUT2D eigenvalue weighted by molar-refractivity contribution is 0.0277. The van der Waals surface area contributed by atoms with Gasteiger partial charge in [0.15, 0.2) is 0 Å². The van der Waals surface area contributed by atoms with Gasteiger partial charge in [0.25, 0.3) is 0 Å². The minimum absolute atomic E-state index is 0.452. The first-order valence-electron chi connectivity index (χ1n) is 6.65. The van der Waals surface area contributed by atoms with Crippen molar-refractivity contribution < 1.29 is 4.74 Å². The van der Waals surface area contributed by atoms with Crippen LogP contribution in [-0.2, 0) is 4.74 Å². The van der Waals surface area contributed by atoms with Crippen LogP contribution < -0.4 is 0 Å². The number of allylic oxidation sites excluding steroid dienone is 1. The molecule has 2 unspecified atom stereocenters. The Morgan fingerprint density at radius 1 is 1.20 bits per heavy atom. The first-order valence-corrected chi connectivity index (χ1v) is 6.65. The molecule has 15 heavy (non-hydrogen) atoms. The van der Waals surface area contributed by atoms with E-state index < -0.39 is 0 Å². The van der Waals surface area contributed by atoms with Crippen molar-refractivity contribution in [2.45, 2.75) is 64.9 Å². The summed E-state index contributed by atoms with van der Waals surface area (Å²) >= 11 is 0. The third-order valence-corrected chi connectivity index (χ3v) is 4.08. The lowest BCUT2D eigenvalue weighted by Gasteiger charge is -2.38. The van der Waals surface area contributed by atoms with Gasteiger partial charge in [-0.3, -0.25) is 0 Å². The molecule has 0 amide bonds. The third kappa shape index (κ3) is 2.44. The smallest absolute Gasteiger partial charge is 0.0612 e. The summed E-state index contributed by atoms with van der Waals surface area (Å²) in [6.07, 6.45) is 10.2. The summed E-state index contributed by atoms with van der Waals surface area (Å²) in [6.45, 7) is 5.21. The van der Waals surface area contributed by atoms with Gasteiger partial charge < -0.3 is 4.74 Å². The fraction of sp³-hybridized carbons (Fsp3) is 0.857. The van der Waals surface area contributed by atoms with E-state index in [9.17, 15) is 0 Å². The van der Waals surface area contributed by atoms with Crippen LogP contribution in [0.5, 0.6) is 0 Å². The number of hydrogen-bond acceptors (Lipinski definition) is 1. The molecule has 1 heteroatoms. The first-order chi connectivity index (χ1) is 7.33. The molecular weight excluding hydrogens is 184 g/mol. The first kappa shape index (κ1) is 11.2. The maximum Gasteiger partial charge on any atom is 0.0612 e. The highest BCUT2D eigenvalue weighted by Crippen LogP contribution is 2.42. The Hall–Kier alpha value is -0.300. The maximum absolute atomic E-state index is 5.73. The number of rotatable bonds is 3. The van der Waals surface area contributed by atoms with Gasteiger partial charge in [-0.1, -0.05) is 17.6 Å². The van der Waals surface area contributed by atoms with Crippen LogP contribution in [0.4, 0.5) is 0 Å². The molecule has 0 saturated heterocycles. The molecule has 0 aliphatic heterocycles. The molecule has 0 heterocycles. The molecule has 0 N–H and O–H groups in total. The Balaban J connectivity index is 1.97. The van der Waals surface area contributed by atoms with Crippen molar-refractivity contribution in [1.29, 1.82) is 0 Å². The molecule has 0 bridgehead atoms. The molecule has 2 fully saturated rings. The second-order valence-electron chi connectivity index (χ2n) is 5.00. The molecular formula is C14H24O. The van der Waals surface area contributed by atoms with Crippen LogP contribution in [0.25, 0.3) is 0 Å². The van der Waals surface area contributed by atoms with E-state index in [1.165, 1.54) is 44.9 Å². The fourth-order valence-corrected chi connectivity index (χ4v) is 3.09. The summed E-state index contributed by atoms with van der Waals surface area (Å²) in [6, 6.07) is 0. The molecule has 1 nitrogen and oxygen atoms in total. The monoisotopic (exact) mass is 208 g/mol. The largest absolute Gasteiger partial charge is 0.378 e. The van der Waals surface area contributed by atoms with E-state index in [4.69, 9.17) is 4.74 Å². The van der Waals surface area contributed by atoms with Crippen molar-refractivity contribution in [3.05, 3.63) is 11.1 Å². The molecule has 86 valence electrons. The van der Waals surface area contributed by atoms with Crippen LogP contribution in [0.2, 0.25) is 0 Å². The second-order valence-corrected chi connectivity index (χ2v) is 5.00. The Kier molecular flexibility index (Phi) is 3.85. The van der Waals surface area contributed by atoms with E-state index in [-0.39, 0.29) is 0 Å². The summed E-state index contributed by atoms with van der Waals surface area (Å²) in [4.78, 5) is 0. The van der Waals surface area contributed by atoms with Gasteiger partial charge in [-0.2, -0.15) is 0 Å². The van der Waals surface area contributed by atoms with Crippen LogP contribution in [0.3, 0.4) is 0 Å². The van der Waals surface area contributed by atoms with Gasteiger partial charge in [0.1, 0.15) is 0 Å². The maximum atomic E-state index is 5.73. The Bertz CT molecular complexity index is 234. The van der Waals surface area contributed by atoms with Gasteiger partial charge in [-0.15, -0.1) is 0 Å². The van der Waals surface area contributed by atoms with Crippen molar-refractivity contribution >= 4 is 0 Å². The highest BCUT2D eigenvalue weighted by Gasteiger charge is 2.32. The van der Waals surface area contributed by atoms with Crippen molar-refractivity contribution in [3.8, 4) is 0 Å². The van der Waals surface area contributed by atoms with E-state index in [0.29, 0.717) is 6.10 Å². The highest BCUT2D eigenvalue weighted by atomic mass is 16.5. The van der Waals surface area contributed by atoms with Gasteiger partial charge in [0, 0.05) is 12.5 Å². The molecule has 2 aliphatic rings. The molecule has 2 aliphatic carbocycles. The zero-order valence-electron chi connectivity index (χ0n) is 10.2. The molecule has 2 rings (SSSR count). The normalized spacial score (nSPS) is 28.8. The van der Waals surface area contributed by atoms with Crippen molar-refractivity contribution in [2.75, 3.05) is 6.61 Å². The highest BCUT2D eigenvalue weighted by molar-refractivity contribution is 5.25. The Morgan fingerprint density at radius 3 is 2.47 bits per heavy atom. The summed E-state index contributed by atoms with van der Waals surface area (Å²) < 4.78 is 5.73. The molecule has 2 atom stereocenters. The molecule has 0 spiro atoms. The predicted molar refractivity (Wildman–Crippen MR) is 63.9 cm³/mol. The van der Waals surface area contributed by atoms with Gasteiger partial charge in [0.2, 0.25) is 0 Å². The summed E-state index contributed by atoms with van der Waals surface area (Å²) in [5, 5.41) is 0. The van der Waals surface area contributed by atoms with E-state index in [1.54, 1.807) is 11.1 Å². The van der Waals surface area contributed by atoms with E-state index >= 15 is 0 Å². The molecule has 0 radical (unpaired) electrons. The van der Waals surface area contributed by atoms with Crippen molar-refractivity contribution in [1.82, 2.24) is 0 Å². The van der Waals surface area contributed by atoms with Gasteiger partial charge in [-0.05, 0) is 52.4 Å². The minimum Gasteiger partial charge on any atom is -0.378 e. The third-order valence-electron chi connectivity index (χ3n) is 4.08. The SMILES string of the molecule is CCOC(C)C1CCC1=C1CCCCC1. The second kappa shape index (κ2) is 5.16. The zero-order valence-corrected chi connectivity index (χ0v) is 10.2. The van der Waals surface area contributed by atoms with Gasteiger partial charge in [0.05, 0.1) is 6.10 Å². The van der Waals surface area contributed by atoms with Crippen molar-refractivity contribution in [3.63, 3.8) is 0 Å². The average molecular weight is 208 g/mol. The lowest BCUT2D eigenvalue weighted by atomic mass is 9.71.